The van der Waals surface area contributed by atoms with Crippen LogP contribution in [0.1, 0.15) is 33.6 Å². The van der Waals surface area contributed by atoms with Gasteiger partial charge in [0.15, 0.2) is 0 Å². The van der Waals surface area contributed by atoms with Crippen LogP contribution in [0.5, 0.6) is 0 Å². The van der Waals surface area contributed by atoms with Gasteiger partial charge in [-0.2, -0.15) is 0 Å². The highest BCUT2D eigenvalue weighted by Gasteiger charge is 2.08. The first-order chi connectivity index (χ1) is 8.16. The highest BCUT2D eigenvalue weighted by atomic mass is 16.3. The summed E-state index contributed by atoms with van der Waals surface area (Å²) in [6.07, 6.45) is 5.88. The van der Waals surface area contributed by atoms with Gasteiger partial charge in [0.25, 0.3) is 0 Å². The van der Waals surface area contributed by atoms with E-state index < -0.39 is 0 Å². The molecule has 1 unspecified atom stereocenters. The Balaban J connectivity index is 2.05. The van der Waals surface area contributed by atoms with Crippen LogP contribution in [-0.4, -0.2) is 11.0 Å². The SMILES string of the molecule is CC(C)CCC(C)Nc1nccc2occc12. The van der Waals surface area contributed by atoms with E-state index in [1.807, 2.05) is 12.1 Å². The van der Waals surface area contributed by atoms with Gasteiger partial charge >= 0.3 is 0 Å². The molecule has 0 saturated carbocycles. The van der Waals surface area contributed by atoms with Crippen molar-refractivity contribution in [2.24, 2.45) is 5.92 Å². The molecule has 0 aliphatic heterocycles. The first-order valence-electron chi connectivity index (χ1n) is 6.25. The summed E-state index contributed by atoms with van der Waals surface area (Å²) in [5.41, 5.74) is 0.888. The molecule has 0 fully saturated rings. The number of furan rings is 1. The average Bonchev–Trinajstić information content (AvgIpc) is 2.75. The first-order valence-corrected chi connectivity index (χ1v) is 6.25. The average molecular weight is 232 g/mol. The Labute approximate surface area is 102 Å². The third-order valence-corrected chi connectivity index (χ3v) is 2.94. The molecule has 0 bridgehead atoms. The number of nitrogens with one attached hydrogen (secondary N) is 1. The standard InChI is InChI=1S/C14H20N2O/c1-10(2)4-5-11(3)16-14-12-7-9-17-13(12)6-8-15-14/h6-11H,4-5H2,1-3H3,(H,15,16). The lowest BCUT2D eigenvalue weighted by atomic mass is 10.0. The summed E-state index contributed by atoms with van der Waals surface area (Å²) in [4.78, 5) is 4.38. The molecule has 2 aromatic rings. The van der Waals surface area contributed by atoms with Crippen molar-refractivity contribution < 1.29 is 4.42 Å². The number of pyridine rings is 1. The monoisotopic (exact) mass is 232 g/mol. The molecule has 0 radical (unpaired) electrons. The molecule has 1 atom stereocenters. The van der Waals surface area contributed by atoms with Gasteiger partial charge in [-0.3, -0.25) is 0 Å². The number of nitrogens with zero attached hydrogens (tertiary/aromatic N) is 1. The first kappa shape index (κ1) is 12.0. The minimum atomic E-state index is 0.436. The lowest BCUT2D eigenvalue weighted by molar-refractivity contribution is 0.527. The van der Waals surface area contributed by atoms with E-state index in [1.165, 1.54) is 6.42 Å². The third kappa shape index (κ3) is 2.99. The Morgan fingerprint density at radius 2 is 2.06 bits per heavy atom. The summed E-state index contributed by atoms with van der Waals surface area (Å²) in [5.74, 6) is 1.67. The van der Waals surface area contributed by atoms with Crippen molar-refractivity contribution in [2.75, 3.05) is 5.32 Å². The van der Waals surface area contributed by atoms with Crippen molar-refractivity contribution in [3.63, 3.8) is 0 Å². The second-order valence-electron chi connectivity index (χ2n) is 5.01. The molecule has 17 heavy (non-hydrogen) atoms. The van der Waals surface area contributed by atoms with Crippen LogP contribution < -0.4 is 5.32 Å². The number of rotatable bonds is 5. The topological polar surface area (TPSA) is 38.1 Å². The zero-order valence-electron chi connectivity index (χ0n) is 10.7. The number of aromatic nitrogens is 1. The van der Waals surface area contributed by atoms with Crippen molar-refractivity contribution in [3.05, 3.63) is 24.6 Å². The van der Waals surface area contributed by atoms with E-state index in [2.05, 4.69) is 31.1 Å². The third-order valence-electron chi connectivity index (χ3n) is 2.94. The maximum Gasteiger partial charge on any atom is 0.139 e. The van der Waals surface area contributed by atoms with Gasteiger partial charge in [-0.15, -0.1) is 0 Å². The van der Waals surface area contributed by atoms with Crippen molar-refractivity contribution in [2.45, 2.75) is 39.7 Å². The molecule has 2 aromatic heterocycles. The summed E-state index contributed by atoms with van der Waals surface area (Å²) < 4.78 is 5.36. The van der Waals surface area contributed by atoms with Gasteiger partial charge < -0.3 is 9.73 Å². The van der Waals surface area contributed by atoms with Crippen molar-refractivity contribution in [3.8, 4) is 0 Å². The van der Waals surface area contributed by atoms with Gasteiger partial charge in [0.2, 0.25) is 0 Å². The van der Waals surface area contributed by atoms with Gasteiger partial charge in [0, 0.05) is 12.2 Å². The van der Waals surface area contributed by atoms with E-state index in [4.69, 9.17) is 4.42 Å². The van der Waals surface area contributed by atoms with E-state index in [-0.39, 0.29) is 0 Å². The van der Waals surface area contributed by atoms with E-state index in [0.717, 1.165) is 29.1 Å². The molecule has 3 heteroatoms. The predicted octanol–water partition coefficient (Wildman–Crippen LogP) is 4.06. The quantitative estimate of drug-likeness (QED) is 0.844. The summed E-state index contributed by atoms with van der Waals surface area (Å²) in [5, 5.41) is 4.51. The molecule has 1 N–H and O–H groups in total. The fraction of sp³-hybridized carbons (Fsp3) is 0.500. The normalized spacial score (nSPS) is 13.2. The second-order valence-corrected chi connectivity index (χ2v) is 5.01. The Morgan fingerprint density at radius 1 is 1.24 bits per heavy atom. The molecule has 0 aliphatic carbocycles. The molecule has 2 rings (SSSR count). The maximum atomic E-state index is 5.36. The van der Waals surface area contributed by atoms with Crippen molar-refractivity contribution >= 4 is 16.8 Å². The summed E-state index contributed by atoms with van der Waals surface area (Å²) in [7, 11) is 0. The molecule has 2 heterocycles. The van der Waals surface area contributed by atoms with Crippen LogP contribution in [0.25, 0.3) is 11.0 Å². The molecule has 0 aliphatic rings. The van der Waals surface area contributed by atoms with Gasteiger partial charge in [-0.1, -0.05) is 13.8 Å². The summed E-state index contributed by atoms with van der Waals surface area (Å²) in [6, 6.07) is 4.28. The van der Waals surface area contributed by atoms with Gasteiger partial charge in [-0.25, -0.2) is 4.98 Å². The van der Waals surface area contributed by atoms with Gasteiger partial charge in [0.1, 0.15) is 11.4 Å². The highest BCUT2D eigenvalue weighted by molar-refractivity contribution is 5.87. The van der Waals surface area contributed by atoms with E-state index in [0.29, 0.717) is 6.04 Å². The molecule has 3 nitrogen and oxygen atoms in total. The van der Waals surface area contributed by atoms with Crippen LogP contribution in [-0.2, 0) is 0 Å². The van der Waals surface area contributed by atoms with Crippen LogP contribution in [0.3, 0.4) is 0 Å². The van der Waals surface area contributed by atoms with E-state index in [9.17, 15) is 0 Å². The zero-order valence-corrected chi connectivity index (χ0v) is 10.7. The van der Waals surface area contributed by atoms with Crippen LogP contribution in [0.4, 0.5) is 5.82 Å². The van der Waals surface area contributed by atoms with E-state index in [1.54, 1.807) is 12.5 Å². The fourth-order valence-corrected chi connectivity index (χ4v) is 1.90. The van der Waals surface area contributed by atoms with Crippen LogP contribution in [0.2, 0.25) is 0 Å². The second kappa shape index (κ2) is 5.21. The van der Waals surface area contributed by atoms with Gasteiger partial charge in [-0.05, 0) is 37.8 Å². The number of hydrogen-bond acceptors (Lipinski definition) is 3. The lowest BCUT2D eigenvalue weighted by Crippen LogP contribution is -2.16. The van der Waals surface area contributed by atoms with Crippen LogP contribution >= 0.6 is 0 Å². The summed E-state index contributed by atoms with van der Waals surface area (Å²) >= 11 is 0. The maximum absolute atomic E-state index is 5.36. The molecule has 92 valence electrons. The van der Waals surface area contributed by atoms with Crippen LogP contribution in [0, 0.1) is 5.92 Å². The predicted molar refractivity (Wildman–Crippen MR) is 71.2 cm³/mol. The molecule has 0 aromatic carbocycles. The highest BCUT2D eigenvalue weighted by Crippen LogP contribution is 2.23. The van der Waals surface area contributed by atoms with Crippen molar-refractivity contribution in [1.29, 1.82) is 0 Å². The number of hydrogen-bond donors (Lipinski definition) is 1. The minimum Gasteiger partial charge on any atom is -0.464 e. The Morgan fingerprint density at radius 3 is 2.82 bits per heavy atom. The lowest BCUT2D eigenvalue weighted by Gasteiger charge is -2.15. The minimum absolute atomic E-state index is 0.436. The van der Waals surface area contributed by atoms with Crippen molar-refractivity contribution in [1.82, 2.24) is 4.98 Å². The number of fused-ring (bicyclic) bond motifs is 1. The molecular formula is C14H20N2O. The Bertz CT molecular complexity index is 476. The molecule has 0 spiro atoms. The fourth-order valence-electron chi connectivity index (χ4n) is 1.90. The van der Waals surface area contributed by atoms with Gasteiger partial charge in [0.05, 0.1) is 11.6 Å². The Kier molecular flexibility index (Phi) is 3.67. The molecular weight excluding hydrogens is 212 g/mol. The molecule has 0 saturated heterocycles. The smallest absolute Gasteiger partial charge is 0.139 e. The zero-order chi connectivity index (χ0) is 12.3. The summed E-state index contributed by atoms with van der Waals surface area (Å²) in [6.45, 7) is 6.70. The van der Waals surface area contributed by atoms with E-state index >= 15 is 0 Å². The largest absolute Gasteiger partial charge is 0.464 e. The van der Waals surface area contributed by atoms with Crippen LogP contribution in [0.15, 0.2) is 29.0 Å². The number of anilines is 1. The Hall–Kier alpha value is -1.51. The molecule has 0 amide bonds.